The van der Waals surface area contributed by atoms with Crippen molar-refractivity contribution in [3.8, 4) is 11.4 Å². The van der Waals surface area contributed by atoms with Gasteiger partial charge < -0.3 is 5.11 Å². The Balaban J connectivity index is 0.000000169. The highest BCUT2D eigenvalue weighted by Gasteiger charge is 2.13. The quantitative estimate of drug-likeness (QED) is 0.382. The minimum absolute atomic E-state index is 0.0534. The lowest BCUT2D eigenvalue weighted by molar-refractivity contribution is 0.0695. The molecule has 0 radical (unpaired) electrons. The lowest BCUT2D eigenvalue weighted by Gasteiger charge is -2.00. The van der Waals surface area contributed by atoms with E-state index >= 15 is 0 Å². The molecule has 0 atom stereocenters. The van der Waals surface area contributed by atoms with Crippen LogP contribution in [0.3, 0.4) is 0 Å². The molecule has 0 spiro atoms. The molecule has 3 N–H and O–H groups in total. The number of hydrogen-bond donors (Lipinski definition) is 3. The lowest BCUT2D eigenvalue weighted by Crippen LogP contribution is -2.19. The zero-order valence-electron chi connectivity index (χ0n) is 14.7. The molecular weight excluding hydrogens is 508 g/mol. The molecule has 0 aliphatic rings. The van der Waals surface area contributed by atoms with Crippen LogP contribution in [0, 0.1) is 0 Å². The molecule has 10 heteroatoms. The molecule has 4 aromatic rings. The summed E-state index contributed by atoms with van der Waals surface area (Å²) in [5, 5.41) is 14.2. The second-order valence-corrected chi connectivity index (χ2v) is 7.55. The van der Waals surface area contributed by atoms with E-state index in [1.807, 2.05) is 24.3 Å². The molecule has 0 aliphatic heterocycles. The van der Waals surface area contributed by atoms with Crippen LogP contribution in [0.25, 0.3) is 11.4 Å². The van der Waals surface area contributed by atoms with E-state index in [2.05, 4.69) is 42.1 Å². The number of carboxylic acid groups (broad SMARTS) is 1. The van der Waals surface area contributed by atoms with E-state index in [-0.39, 0.29) is 11.1 Å². The van der Waals surface area contributed by atoms with Crippen molar-refractivity contribution >= 4 is 37.8 Å². The Hall–Kier alpha value is -3.11. The molecule has 29 heavy (non-hydrogen) atoms. The summed E-state index contributed by atoms with van der Waals surface area (Å²) >= 11 is 6.60. The molecule has 0 bridgehead atoms. The van der Waals surface area contributed by atoms with E-state index < -0.39 is 11.5 Å². The van der Waals surface area contributed by atoms with Gasteiger partial charge in [-0.25, -0.2) is 14.2 Å². The highest BCUT2D eigenvalue weighted by molar-refractivity contribution is 9.10. The standard InChI is InChI=1S/C10H7BrN2O3.C9H7BrN2O/c11-6-1-3-7(4-2-6)13-9(14)8(5-12-13)10(15)16;10-7-1-3-8(4-2-7)12-9(13)5-6-11-12/h1-5,12H,(H,15,16);1-6,11H. The van der Waals surface area contributed by atoms with Crippen LogP contribution in [-0.4, -0.2) is 30.6 Å². The van der Waals surface area contributed by atoms with Crippen molar-refractivity contribution in [2.45, 2.75) is 0 Å². The summed E-state index contributed by atoms with van der Waals surface area (Å²) in [5.74, 6) is -1.24. The van der Waals surface area contributed by atoms with Gasteiger partial charge in [0, 0.05) is 27.4 Å². The van der Waals surface area contributed by atoms with Gasteiger partial charge in [-0.2, -0.15) is 0 Å². The number of carbonyl (C=O) groups is 1. The fourth-order valence-electron chi connectivity index (χ4n) is 2.42. The number of H-pyrrole nitrogens is 2. The molecule has 0 amide bonds. The number of aromatic carboxylic acids is 1. The van der Waals surface area contributed by atoms with Crippen LogP contribution < -0.4 is 11.1 Å². The van der Waals surface area contributed by atoms with E-state index in [1.54, 1.807) is 30.5 Å². The van der Waals surface area contributed by atoms with Crippen molar-refractivity contribution < 1.29 is 9.90 Å². The summed E-state index contributed by atoms with van der Waals surface area (Å²) in [6.07, 6.45) is 2.79. The summed E-state index contributed by atoms with van der Waals surface area (Å²) in [6.45, 7) is 0. The van der Waals surface area contributed by atoms with Crippen LogP contribution in [0.4, 0.5) is 0 Å². The van der Waals surface area contributed by atoms with Crippen molar-refractivity contribution in [3.05, 3.63) is 102 Å². The monoisotopic (exact) mass is 520 g/mol. The highest BCUT2D eigenvalue weighted by atomic mass is 79.9. The minimum Gasteiger partial charge on any atom is -0.477 e. The molecule has 8 nitrogen and oxygen atoms in total. The molecule has 2 aromatic heterocycles. The molecule has 0 fully saturated rings. The number of halogens is 2. The van der Waals surface area contributed by atoms with Crippen LogP contribution in [0.5, 0.6) is 0 Å². The third kappa shape index (κ3) is 4.84. The van der Waals surface area contributed by atoms with Gasteiger partial charge in [-0.15, -0.1) is 0 Å². The second-order valence-electron chi connectivity index (χ2n) is 5.72. The highest BCUT2D eigenvalue weighted by Crippen LogP contribution is 2.13. The van der Waals surface area contributed by atoms with Gasteiger partial charge in [0.05, 0.1) is 11.4 Å². The zero-order valence-corrected chi connectivity index (χ0v) is 17.8. The second kappa shape index (κ2) is 8.93. The maximum Gasteiger partial charge on any atom is 0.342 e. The fraction of sp³-hybridized carbons (Fsp3) is 0. The van der Waals surface area contributed by atoms with Gasteiger partial charge in [0.15, 0.2) is 0 Å². The number of nitrogens with zero attached hydrogens (tertiary/aromatic N) is 2. The SMILES string of the molecule is O=C(O)c1c[nH]n(-c2ccc(Br)cc2)c1=O.O=c1cc[nH]n1-c1ccc(Br)cc1. The van der Waals surface area contributed by atoms with Crippen molar-refractivity contribution in [1.82, 2.24) is 19.6 Å². The molecule has 0 saturated carbocycles. The number of rotatable bonds is 3. The Bertz CT molecular complexity index is 1230. The number of hydrogen-bond acceptors (Lipinski definition) is 3. The molecule has 0 aliphatic carbocycles. The van der Waals surface area contributed by atoms with Gasteiger partial charge >= 0.3 is 5.97 Å². The van der Waals surface area contributed by atoms with Gasteiger partial charge in [0.25, 0.3) is 11.1 Å². The first-order valence-corrected chi connectivity index (χ1v) is 9.77. The number of carboxylic acids is 1. The average molecular weight is 522 g/mol. The van der Waals surface area contributed by atoms with Crippen molar-refractivity contribution in [3.63, 3.8) is 0 Å². The van der Waals surface area contributed by atoms with Crippen LogP contribution in [0.2, 0.25) is 0 Å². The average Bonchev–Trinajstić information content (AvgIpc) is 3.29. The van der Waals surface area contributed by atoms with Gasteiger partial charge in [0.2, 0.25) is 0 Å². The van der Waals surface area contributed by atoms with E-state index in [0.29, 0.717) is 5.69 Å². The Morgan fingerprint density at radius 2 is 1.31 bits per heavy atom. The summed E-state index contributed by atoms with van der Waals surface area (Å²) in [5.41, 5.74) is 0.513. The first kappa shape index (κ1) is 20.6. The summed E-state index contributed by atoms with van der Waals surface area (Å²) in [7, 11) is 0. The smallest absolute Gasteiger partial charge is 0.342 e. The normalized spacial score (nSPS) is 10.3. The van der Waals surface area contributed by atoms with Crippen LogP contribution in [0.1, 0.15) is 10.4 Å². The number of nitrogens with one attached hydrogen (secondary N) is 2. The van der Waals surface area contributed by atoms with E-state index in [0.717, 1.165) is 14.6 Å². The molecule has 0 saturated heterocycles. The van der Waals surface area contributed by atoms with Crippen molar-refractivity contribution in [2.75, 3.05) is 0 Å². The van der Waals surface area contributed by atoms with Crippen LogP contribution in [0.15, 0.2) is 85.5 Å². The molecule has 2 heterocycles. The maximum absolute atomic E-state index is 11.6. The van der Waals surface area contributed by atoms with E-state index in [1.165, 1.54) is 21.6 Å². The Morgan fingerprint density at radius 1 is 0.793 bits per heavy atom. The predicted molar refractivity (Wildman–Crippen MR) is 115 cm³/mol. The summed E-state index contributed by atoms with van der Waals surface area (Å²) in [4.78, 5) is 33.5. The Kier molecular flexibility index (Phi) is 6.35. The summed E-state index contributed by atoms with van der Waals surface area (Å²) in [6, 6.07) is 15.9. The van der Waals surface area contributed by atoms with Gasteiger partial charge in [-0.3, -0.25) is 19.8 Å². The van der Waals surface area contributed by atoms with Crippen LogP contribution in [-0.2, 0) is 0 Å². The first-order valence-electron chi connectivity index (χ1n) is 8.19. The van der Waals surface area contributed by atoms with Crippen molar-refractivity contribution in [1.29, 1.82) is 0 Å². The Labute approximate surface area is 180 Å². The first-order chi connectivity index (χ1) is 13.9. The molecule has 4 rings (SSSR count). The van der Waals surface area contributed by atoms with E-state index in [4.69, 9.17) is 5.11 Å². The fourth-order valence-corrected chi connectivity index (χ4v) is 2.95. The van der Waals surface area contributed by atoms with Crippen LogP contribution >= 0.6 is 31.9 Å². The number of aromatic nitrogens is 4. The minimum atomic E-state index is -1.24. The van der Waals surface area contributed by atoms with E-state index in [9.17, 15) is 14.4 Å². The van der Waals surface area contributed by atoms with Gasteiger partial charge in [0.1, 0.15) is 5.56 Å². The topological polar surface area (TPSA) is 113 Å². The molecule has 2 aromatic carbocycles. The largest absolute Gasteiger partial charge is 0.477 e. The molecule has 0 unspecified atom stereocenters. The predicted octanol–water partition coefficient (Wildman–Crippen LogP) is 3.55. The number of aromatic amines is 2. The molecular formula is C19H14Br2N4O4. The third-order valence-electron chi connectivity index (χ3n) is 3.82. The zero-order chi connectivity index (χ0) is 21.0. The Morgan fingerprint density at radius 3 is 1.72 bits per heavy atom. The van der Waals surface area contributed by atoms with Gasteiger partial charge in [-0.05, 0) is 48.5 Å². The lowest BCUT2D eigenvalue weighted by atomic mass is 10.3. The van der Waals surface area contributed by atoms with Crippen molar-refractivity contribution in [2.24, 2.45) is 0 Å². The maximum atomic E-state index is 11.6. The third-order valence-corrected chi connectivity index (χ3v) is 4.88. The summed E-state index contributed by atoms with van der Waals surface area (Å²) < 4.78 is 4.53. The number of benzene rings is 2. The van der Waals surface area contributed by atoms with Gasteiger partial charge in [-0.1, -0.05) is 31.9 Å². The molecule has 148 valence electrons.